The number of hydrogen-bond acceptors (Lipinski definition) is 4. The monoisotopic (exact) mass is 297 g/mol. The van der Waals surface area contributed by atoms with Crippen molar-refractivity contribution in [2.24, 2.45) is 0 Å². The van der Waals surface area contributed by atoms with Crippen LogP contribution in [0.1, 0.15) is 30.9 Å². The molecule has 112 valence electrons. The van der Waals surface area contributed by atoms with Crippen molar-refractivity contribution in [3.05, 3.63) is 29.3 Å². The number of rotatable bonds is 6. The molecule has 1 heterocycles. The number of hydrogen-bond donors (Lipinski definition) is 1. The molecular formula is C15H23NO3S. The van der Waals surface area contributed by atoms with E-state index in [0.29, 0.717) is 6.42 Å². The van der Waals surface area contributed by atoms with Gasteiger partial charge in [0.25, 0.3) is 0 Å². The lowest BCUT2D eigenvalue weighted by molar-refractivity contribution is 0.226. The van der Waals surface area contributed by atoms with Crippen molar-refractivity contribution in [2.45, 2.75) is 39.3 Å². The predicted octanol–water partition coefficient (Wildman–Crippen LogP) is 2.06. The zero-order valence-corrected chi connectivity index (χ0v) is 13.0. The van der Waals surface area contributed by atoms with Crippen molar-refractivity contribution in [3.8, 4) is 5.75 Å². The predicted molar refractivity (Wildman–Crippen MR) is 80.9 cm³/mol. The van der Waals surface area contributed by atoms with Gasteiger partial charge in [0.2, 0.25) is 0 Å². The first-order valence-electron chi connectivity index (χ1n) is 7.17. The fourth-order valence-electron chi connectivity index (χ4n) is 2.39. The molecule has 0 saturated carbocycles. The highest BCUT2D eigenvalue weighted by Crippen LogP contribution is 2.24. The Morgan fingerprint density at radius 3 is 2.85 bits per heavy atom. The second-order valence-corrected chi connectivity index (χ2v) is 7.66. The van der Waals surface area contributed by atoms with Gasteiger partial charge in [0.05, 0.1) is 11.5 Å². The summed E-state index contributed by atoms with van der Waals surface area (Å²) < 4.78 is 28.9. The Morgan fingerprint density at radius 2 is 2.20 bits per heavy atom. The third-order valence-electron chi connectivity index (χ3n) is 3.44. The Balaban J connectivity index is 2.06. The molecule has 1 fully saturated rings. The van der Waals surface area contributed by atoms with Crippen LogP contribution in [-0.2, 0) is 16.4 Å². The first-order valence-corrected chi connectivity index (χ1v) is 8.99. The van der Waals surface area contributed by atoms with Gasteiger partial charge in [-0.25, -0.2) is 8.42 Å². The quantitative estimate of drug-likeness (QED) is 0.817. The summed E-state index contributed by atoms with van der Waals surface area (Å²) in [4.78, 5) is 0. The van der Waals surface area contributed by atoms with Crippen LogP contribution in [-0.4, -0.2) is 32.6 Å². The van der Waals surface area contributed by atoms with E-state index in [1.807, 2.05) is 19.1 Å². The molecule has 1 saturated heterocycles. The van der Waals surface area contributed by atoms with Gasteiger partial charge in [-0.2, -0.15) is 0 Å². The molecule has 1 aromatic carbocycles. The summed E-state index contributed by atoms with van der Waals surface area (Å²) in [5, 5.41) is 3.36. The molecule has 0 spiro atoms. The minimum absolute atomic E-state index is 0.142. The van der Waals surface area contributed by atoms with Gasteiger partial charge in [-0.3, -0.25) is 0 Å². The van der Waals surface area contributed by atoms with E-state index in [9.17, 15) is 8.42 Å². The number of ether oxygens (including phenoxy) is 1. The van der Waals surface area contributed by atoms with E-state index in [-0.39, 0.29) is 17.6 Å². The van der Waals surface area contributed by atoms with Crippen molar-refractivity contribution in [1.82, 2.24) is 5.32 Å². The van der Waals surface area contributed by atoms with Crippen LogP contribution in [0.15, 0.2) is 18.2 Å². The van der Waals surface area contributed by atoms with Crippen molar-refractivity contribution >= 4 is 9.84 Å². The summed E-state index contributed by atoms with van der Waals surface area (Å²) in [6.45, 7) is 5.90. The van der Waals surface area contributed by atoms with Gasteiger partial charge >= 0.3 is 0 Å². The van der Waals surface area contributed by atoms with Gasteiger partial charge in [0, 0.05) is 12.1 Å². The average molecular weight is 297 g/mol. The average Bonchev–Trinajstić information content (AvgIpc) is 2.72. The summed E-state index contributed by atoms with van der Waals surface area (Å²) in [5.41, 5.74) is 2.28. The maximum absolute atomic E-state index is 11.5. The van der Waals surface area contributed by atoms with Gasteiger partial charge < -0.3 is 10.1 Å². The Labute approximate surface area is 121 Å². The van der Waals surface area contributed by atoms with Gasteiger partial charge in [-0.05, 0) is 32.4 Å². The second-order valence-electron chi connectivity index (χ2n) is 5.43. The van der Waals surface area contributed by atoms with Crippen molar-refractivity contribution in [3.63, 3.8) is 0 Å². The van der Waals surface area contributed by atoms with E-state index in [1.54, 1.807) is 0 Å². The van der Waals surface area contributed by atoms with E-state index in [4.69, 9.17) is 4.74 Å². The third kappa shape index (κ3) is 4.21. The van der Waals surface area contributed by atoms with Crippen LogP contribution in [0.5, 0.6) is 5.75 Å². The van der Waals surface area contributed by atoms with E-state index >= 15 is 0 Å². The zero-order chi connectivity index (χ0) is 14.6. The number of nitrogens with one attached hydrogen (secondary N) is 1. The van der Waals surface area contributed by atoms with Crippen LogP contribution in [0.2, 0.25) is 0 Å². The minimum Gasteiger partial charge on any atom is -0.489 e. The normalized spacial score (nSPS) is 21.0. The van der Waals surface area contributed by atoms with Crippen molar-refractivity contribution < 1.29 is 13.2 Å². The zero-order valence-electron chi connectivity index (χ0n) is 12.2. The molecule has 1 N–H and O–H groups in total. The summed E-state index contributed by atoms with van der Waals surface area (Å²) >= 11 is 0. The van der Waals surface area contributed by atoms with Gasteiger partial charge in [-0.15, -0.1) is 0 Å². The fraction of sp³-hybridized carbons (Fsp3) is 0.600. The highest BCUT2D eigenvalue weighted by molar-refractivity contribution is 7.91. The minimum atomic E-state index is -2.90. The Bertz CT molecular complexity index is 554. The number of sulfone groups is 1. The maximum Gasteiger partial charge on any atom is 0.154 e. The molecule has 0 aliphatic carbocycles. The molecule has 1 aromatic rings. The Morgan fingerprint density at radius 1 is 1.40 bits per heavy atom. The van der Waals surface area contributed by atoms with Crippen LogP contribution < -0.4 is 10.1 Å². The third-order valence-corrected chi connectivity index (χ3v) is 5.18. The van der Waals surface area contributed by atoms with Crippen LogP contribution in [0.4, 0.5) is 0 Å². The standard InChI is InChI=1S/C15H23NO3S/c1-3-7-16-10-13-9-12(2)4-5-15(13)19-14-6-8-20(17,18)11-14/h4-5,9,14,16H,3,6-8,10-11H2,1-2H3. The first-order chi connectivity index (χ1) is 9.50. The van der Waals surface area contributed by atoms with Gasteiger partial charge in [-0.1, -0.05) is 24.6 Å². The molecule has 4 nitrogen and oxygen atoms in total. The van der Waals surface area contributed by atoms with Crippen molar-refractivity contribution in [1.29, 1.82) is 0 Å². The molecule has 1 aliphatic heterocycles. The molecule has 2 rings (SSSR count). The molecule has 0 aromatic heterocycles. The molecular weight excluding hydrogens is 274 g/mol. The molecule has 1 aliphatic rings. The SMILES string of the molecule is CCCNCc1cc(C)ccc1OC1CCS(=O)(=O)C1. The summed E-state index contributed by atoms with van der Waals surface area (Å²) in [6.07, 6.45) is 1.48. The molecule has 0 radical (unpaired) electrons. The van der Waals surface area contributed by atoms with Crippen LogP contribution in [0, 0.1) is 6.92 Å². The molecule has 5 heteroatoms. The highest BCUT2D eigenvalue weighted by atomic mass is 32.2. The van der Waals surface area contributed by atoms with E-state index in [1.165, 1.54) is 5.56 Å². The lowest BCUT2D eigenvalue weighted by atomic mass is 10.1. The summed E-state index contributed by atoms with van der Waals surface area (Å²) in [5.74, 6) is 1.19. The molecule has 1 atom stereocenters. The lowest BCUT2D eigenvalue weighted by Crippen LogP contribution is -2.20. The summed E-state index contributed by atoms with van der Waals surface area (Å²) in [6, 6.07) is 6.05. The van der Waals surface area contributed by atoms with E-state index in [0.717, 1.165) is 30.8 Å². The number of aryl methyl sites for hydroxylation is 1. The maximum atomic E-state index is 11.5. The lowest BCUT2D eigenvalue weighted by Gasteiger charge is -2.16. The fourth-order valence-corrected chi connectivity index (χ4v) is 3.98. The molecule has 0 amide bonds. The Hall–Kier alpha value is -1.07. The van der Waals surface area contributed by atoms with E-state index < -0.39 is 9.84 Å². The molecule has 20 heavy (non-hydrogen) atoms. The van der Waals surface area contributed by atoms with Crippen LogP contribution in [0.25, 0.3) is 0 Å². The second kappa shape index (κ2) is 6.59. The van der Waals surface area contributed by atoms with Gasteiger partial charge in [0.15, 0.2) is 9.84 Å². The first kappa shape index (κ1) is 15.3. The van der Waals surface area contributed by atoms with Crippen molar-refractivity contribution in [2.75, 3.05) is 18.1 Å². The number of benzene rings is 1. The summed E-state index contributed by atoms with van der Waals surface area (Å²) in [7, 11) is -2.90. The van der Waals surface area contributed by atoms with Gasteiger partial charge in [0.1, 0.15) is 11.9 Å². The van der Waals surface area contributed by atoms with Crippen LogP contribution >= 0.6 is 0 Å². The largest absolute Gasteiger partial charge is 0.489 e. The smallest absolute Gasteiger partial charge is 0.154 e. The van der Waals surface area contributed by atoms with E-state index in [2.05, 4.69) is 18.3 Å². The van der Waals surface area contributed by atoms with Crippen LogP contribution in [0.3, 0.4) is 0 Å². The molecule has 1 unspecified atom stereocenters. The Kier molecular flexibility index (Phi) is 5.05. The highest BCUT2D eigenvalue weighted by Gasteiger charge is 2.29. The molecule has 0 bridgehead atoms. The topological polar surface area (TPSA) is 55.4 Å².